The Hall–Kier alpha value is -2.28. The number of hydrogen-bond acceptors (Lipinski definition) is 12. The molecule has 0 saturated carbocycles. The Balaban J connectivity index is 0. The highest BCUT2D eigenvalue weighted by atomic mass is 16.5. The molecule has 0 rings (SSSR count). The Morgan fingerprint density at radius 1 is 0.240 bits per heavy atom. The Morgan fingerprint density at radius 3 is 0.808 bits per heavy atom. The first kappa shape index (κ1) is 104. The molecule has 0 radical (unpaired) electrons. The van der Waals surface area contributed by atoms with Gasteiger partial charge in [0.2, 0.25) is 0 Å². The molecule has 620 valence electrons. The normalized spacial score (nSPS) is 12.2. The summed E-state index contributed by atoms with van der Waals surface area (Å²) in [5.74, 6) is 0.248. The molecule has 2 N–H and O–H groups in total. The SMILES string of the molecule is CCCCCCCCC(CCCCCC)C(=O)OCCCCCCN(CCCCO)CCCCCCOC(=O)C(CCCCCC)CCCCCCCC.CCCCCCCCCCCOC(=O)CCCCCN(CCO)CCCCCCCC(=O)OC(CCCCCCCC)CCCCCCCC. The van der Waals surface area contributed by atoms with Crippen LogP contribution in [0.4, 0.5) is 0 Å². The van der Waals surface area contributed by atoms with Gasteiger partial charge in [0.05, 0.1) is 38.3 Å². The van der Waals surface area contributed by atoms with Crippen LogP contribution in [0.2, 0.25) is 0 Å². The van der Waals surface area contributed by atoms with Crippen LogP contribution in [-0.4, -0.2) is 122 Å². The first-order chi connectivity index (χ1) is 51.1. The van der Waals surface area contributed by atoms with Gasteiger partial charge in [0.25, 0.3) is 0 Å². The quantitative estimate of drug-likeness (QED) is 0.0339. The maximum atomic E-state index is 13.0. The molecular weight excluding hydrogens is 1290 g/mol. The number of rotatable bonds is 85. The van der Waals surface area contributed by atoms with Crippen LogP contribution in [0.3, 0.4) is 0 Å². The van der Waals surface area contributed by atoms with Crippen LogP contribution in [-0.2, 0) is 38.1 Å². The van der Waals surface area contributed by atoms with Gasteiger partial charge in [-0.1, -0.05) is 344 Å². The van der Waals surface area contributed by atoms with E-state index in [1.165, 1.54) is 238 Å². The molecule has 0 fully saturated rings. The predicted octanol–water partition coefficient (Wildman–Crippen LogP) is 26.6. The summed E-state index contributed by atoms with van der Waals surface area (Å²) in [4.78, 5) is 55.6. The van der Waals surface area contributed by atoms with Gasteiger partial charge < -0.3 is 39.0 Å². The van der Waals surface area contributed by atoms with E-state index in [1.54, 1.807) is 0 Å². The first-order valence-electron chi connectivity index (χ1n) is 46.4. The lowest BCUT2D eigenvalue weighted by molar-refractivity contribution is -0.150. The number of aliphatic hydroxyl groups is 2. The van der Waals surface area contributed by atoms with Gasteiger partial charge in [0.1, 0.15) is 6.10 Å². The molecule has 0 aliphatic carbocycles. The van der Waals surface area contributed by atoms with E-state index in [9.17, 15) is 29.4 Å². The van der Waals surface area contributed by atoms with Crippen molar-refractivity contribution in [1.82, 2.24) is 9.80 Å². The zero-order valence-electron chi connectivity index (χ0n) is 70.9. The van der Waals surface area contributed by atoms with Gasteiger partial charge in [0.15, 0.2) is 0 Å². The Kier molecular flexibility index (Phi) is 87.7. The minimum absolute atomic E-state index is 0.00755. The standard InChI is InChI=1S/C48H95NO5.C44H87NO5/c1-5-9-13-17-19-27-37-45(35-25-15-11-7-3)47(51)53-43-33-23-21-29-39-49(41-31-32-42-50)40-30-22-24-34-44-54-48(52)46(36-26-16-12-8-4)38-28-20-18-14-10-6-2;1-4-7-10-13-16-17-18-24-32-41-49-43(47)35-29-25-31-38-45(39-40-46)37-30-23-19-22-28-36-44(48)50-42(33-26-20-14-11-8-5-2)34-27-21-15-12-9-6-3/h45-46,50H,5-44H2,1-4H3;42,46H,4-41H2,1-3H3. The van der Waals surface area contributed by atoms with Crippen molar-refractivity contribution in [3.8, 4) is 0 Å². The molecule has 0 amide bonds. The van der Waals surface area contributed by atoms with Gasteiger partial charge in [-0.15, -0.1) is 0 Å². The third kappa shape index (κ3) is 77.9. The molecule has 0 aromatic rings. The molecule has 2 unspecified atom stereocenters. The Labute approximate surface area is 647 Å². The number of carbonyl (C=O) groups is 4. The van der Waals surface area contributed by atoms with E-state index in [0.717, 1.165) is 213 Å². The van der Waals surface area contributed by atoms with Crippen LogP contribution in [0.15, 0.2) is 0 Å². The van der Waals surface area contributed by atoms with Crippen LogP contribution >= 0.6 is 0 Å². The highest BCUT2D eigenvalue weighted by molar-refractivity contribution is 5.73. The van der Waals surface area contributed by atoms with E-state index < -0.39 is 0 Å². The van der Waals surface area contributed by atoms with E-state index in [-0.39, 0.29) is 55.0 Å². The van der Waals surface area contributed by atoms with E-state index in [0.29, 0.717) is 39.2 Å². The fraction of sp³-hybridized carbons (Fsp3) is 0.957. The number of hydrogen-bond donors (Lipinski definition) is 2. The van der Waals surface area contributed by atoms with Crippen LogP contribution in [0, 0.1) is 11.8 Å². The fourth-order valence-electron chi connectivity index (χ4n) is 14.6. The topological polar surface area (TPSA) is 152 Å². The molecule has 0 aromatic heterocycles. The van der Waals surface area contributed by atoms with E-state index in [1.807, 2.05) is 0 Å². The second-order valence-electron chi connectivity index (χ2n) is 31.8. The van der Waals surface area contributed by atoms with Crippen LogP contribution < -0.4 is 0 Å². The van der Waals surface area contributed by atoms with Gasteiger partial charge in [-0.3, -0.25) is 19.2 Å². The predicted molar refractivity (Wildman–Crippen MR) is 446 cm³/mol. The van der Waals surface area contributed by atoms with Crippen molar-refractivity contribution >= 4 is 23.9 Å². The molecule has 0 aliphatic rings. The van der Waals surface area contributed by atoms with Crippen LogP contribution in [0.1, 0.15) is 479 Å². The van der Waals surface area contributed by atoms with Gasteiger partial charge in [-0.2, -0.15) is 0 Å². The first-order valence-corrected chi connectivity index (χ1v) is 46.4. The molecule has 0 saturated heterocycles. The summed E-state index contributed by atoms with van der Waals surface area (Å²) >= 11 is 0. The Bertz CT molecular complexity index is 1650. The molecule has 0 bridgehead atoms. The zero-order valence-corrected chi connectivity index (χ0v) is 70.9. The minimum Gasteiger partial charge on any atom is -0.466 e. The van der Waals surface area contributed by atoms with E-state index in [4.69, 9.17) is 18.9 Å². The number of nitrogens with zero attached hydrogens (tertiary/aromatic N) is 2. The molecule has 2 atom stereocenters. The third-order valence-electron chi connectivity index (χ3n) is 21.6. The number of esters is 4. The number of aliphatic hydroxyl groups excluding tert-OH is 2. The average Bonchev–Trinajstić information content (AvgIpc) is 1.14. The maximum Gasteiger partial charge on any atom is 0.308 e. The van der Waals surface area contributed by atoms with E-state index >= 15 is 0 Å². The summed E-state index contributed by atoms with van der Waals surface area (Å²) in [6.45, 7) is 23.8. The lowest BCUT2D eigenvalue weighted by atomic mass is 9.94. The number of carbonyl (C=O) groups excluding carboxylic acids is 4. The van der Waals surface area contributed by atoms with Gasteiger partial charge in [-0.05, 0) is 155 Å². The van der Waals surface area contributed by atoms with Gasteiger partial charge >= 0.3 is 23.9 Å². The fourth-order valence-corrected chi connectivity index (χ4v) is 14.6. The van der Waals surface area contributed by atoms with Crippen molar-refractivity contribution in [3.05, 3.63) is 0 Å². The van der Waals surface area contributed by atoms with Crippen molar-refractivity contribution in [2.75, 3.05) is 72.3 Å². The van der Waals surface area contributed by atoms with Crippen LogP contribution in [0.25, 0.3) is 0 Å². The van der Waals surface area contributed by atoms with Crippen molar-refractivity contribution in [2.45, 2.75) is 485 Å². The lowest BCUT2D eigenvalue weighted by Gasteiger charge is -2.22. The third-order valence-corrected chi connectivity index (χ3v) is 21.6. The second kappa shape index (κ2) is 87.9. The zero-order chi connectivity index (χ0) is 76.2. The van der Waals surface area contributed by atoms with Crippen LogP contribution in [0.5, 0.6) is 0 Å². The summed E-state index contributed by atoms with van der Waals surface area (Å²) in [6, 6.07) is 0. The molecule has 12 nitrogen and oxygen atoms in total. The summed E-state index contributed by atoms with van der Waals surface area (Å²) < 4.78 is 23.1. The monoisotopic (exact) mass is 1480 g/mol. The molecule has 0 aromatic carbocycles. The molecular formula is C92H182N2O10. The number of unbranched alkanes of at least 4 members (excludes halogenated alkanes) is 47. The average molecular weight is 1480 g/mol. The van der Waals surface area contributed by atoms with Crippen molar-refractivity contribution < 1.29 is 48.3 Å². The highest BCUT2D eigenvalue weighted by Gasteiger charge is 2.22. The van der Waals surface area contributed by atoms with Gasteiger partial charge in [0, 0.05) is 26.0 Å². The molecule has 104 heavy (non-hydrogen) atoms. The second-order valence-corrected chi connectivity index (χ2v) is 31.8. The molecule has 0 aliphatic heterocycles. The summed E-state index contributed by atoms with van der Waals surface area (Å²) in [5.41, 5.74) is 0. The van der Waals surface area contributed by atoms with E-state index in [2.05, 4.69) is 58.3 Å². The van der Waals surface area contributed by atoms with Gasteiger partial charge in [-0.25, -0.2) is 0 Å². The largest absolute Gasteiger partial charge is 0.466 e. The molecule has 12 heteroatoms. The van der Waals surface area contributed by atoms with Crippen molar-refractivity contribution in [3.63, 3.8) is 0 Å². The van der Waals surface area contributed by atoms with Crippen molar-refractivity contribution in [2.24, 2.45) is 11.8 Å². The lowest BCUT2D eigenvalue weighted by Crippen LogP contribution is -2.29. The molecule has 0 spiro atoms. The molecule has 0 heterocycles. The summed E-state index contributed by atoms with van der Waals surface area (Å²) in [7, 11) is 0. The smallest absolute Gasteiger partial charge is 0.308 e. The maximum absolute atomic E-state index is 13.0. The minimum atomic E-state index is -0.0498. The Morgan fingerprint density at radius 2 is 0.481 bits per heavy atom. The summed E-state index contributed by atoms with van der Waals surface area (Å²) in [6.07, 6.45) is 78.0. The van der Waals surface area contributed by atoms with Crippen molar-refractivity contribution in [1.29, 1.82) is 0 Å². The number of ether oxygens (including phenoxy) is 4. The summed E-state index contributed by atoms with van der Waals surface area (Å²) in [5, 5.41) is 18.9. The highest BCUT2D eigenvalue weighted by Crippen LogP contribution is 2.24.